The minimum absolute atomic E-state index is 0.143. The van der Waals surface area contributed by atoms with Gasteiger partial charge in [-0.1, -0.05) is 12.8 Å². The van der Waals surface area contributed by atoms with Crippen LogP contribution in [0.2, 0.25) is 0 Å². The number of benzene rings is 1. The predicted molar refractivity (Wildman–Crippen MR) is 86.2 cm³/mol. The van der Waals surface area contributed by atoms with E-state index >= 15 is 0 Å². The lowest BCUT2D eigenvalue weighted by Crippen LogP contribution is -2.43. The zero-order chi connectivity index (χ0) is 18.2. The van der Waals surface area contributed by atoms with Gasteiger partial charge in [0.15, 0.2) is 6.61 Å². The molecule has 9 nitrogen and oxygen atoms in total. The van der Waals surface area contributed by atoms with Crippen molar-refractivity contribution in [1.82, 2.24) is 10.9 Å². The number of ether oxygens (including phenoxy) is 1. The van der Waals surface area contributed by atoms with Gasteiger partial charge in [0, 0.05) is 24.1 Å². The molecule has 0 aromatic heterocycles. The summed E-state index contributed by atoms with van der Waals surface area (Å²) in [6.07, 6.45) is 4.56. The summed E-state index contributed by atoms with van der Waals surface area (Å²) >= 11 is 0. The second kappa shape index (κ2) is 8.76. The lowest BCUT2D eigenvalue weighted by molar-refractivity contribution is -0.384. The molecule has 1 saturated carbocycles. The highest BCUT2D eigenvalue weighted by Gasteiger charge is 2.20. The van der Waals surface area contributed by atoms with Gasteiger partial charge in [-0.3, -0.25) is 35.3 Å². The number of nitro benzene ring substituents is 1. The van der Waals surface area contributed by atoms with Gasteiger partial charge in [-0.15, -0.1) is 0 Å². The number of esters is 1. The van der Waals surface area contributed by atoms with E-state index in [0.29, 0.717) is 12.3 Å². The fraction of sp³-hybridized carbons (Fsp3) is 0.438. The van der Waals surface area contributed by atoms with Crippen LogP contribution in [0, 0.1) is 16.0 Å². The molecule has 0 heterocycles. The summed E-state index contributed by atoms with van der Waals surface area (Å²) in [5, 5.41) is 10.5. The van der Waals surface area contributed by atoms with Crippen molar-refractivity contribution < 1.29 is 24.0 Å². The second-order valence-corrected chi connectivity index (χ2v) is 5.82. The Morgan fingerprint density at radius 3 is 2.36 bits per heavy atom. The molecule has 1 aliphatic rings. The monoisotopic (exact) mass is 349 g/mol. The Morgan fingerprint density at radius 1 is 1.12 bits per heavy atom. The maximum absolute atomic E-state index is 11.8. The standard InChI is InChI=1S/C16H19N3O6/c20-14(10-25-15(21)9-11-3-1-2-4-11)17-18-16(22)12-5-7-13(8-6-12)19(23)24/h5-8,11H,1-4,9-10H2,(H,17,20)(H,18,22). The summed E-state index contributed by atoms with van der Waals surface area (Å²) in [6, 6.07) is 4.89. The molecule has 2 N–H and O–H groups in total. The van der Waals surface area contributed by atoms with Crippen LogP contribution in [0.15, 0.2) is 24.3 Å². The minimum Gasteiger partial charge on any atom is -0.455 e. The van der Waals surface area contributed by atoms with Crippen molar-refractivity contribution in [3.8, 4) is 0 Å². The van der Waals surface area contributed by atoms with E-state index in [1.165, 1.54) is 24.3 Å². The van der Waals surface area contributed by atoms with Crippen molar-refractivity contribution in [2.45, 2.75) is 32.1 Å². The molecule has 0 radical (unpaired) electrons. The zero-order valence-electron chi connectivity index (χ0n) is 13.5. The number of hydrogen-bond acceptors (Lipinski definition) is 6. The third-order valence-corrected chi connectivity index (χ3v) is 3.95. The van der Waals surface area contributed by atoms with Crippen LogP contribution in [0.1, 0.15) is 42.5 Å². The third kappa shape index (κ3) is 5.87. The number of nitro groups is 1. The van der Waals surface area contributed by atoms with E-state index in [-0.39, 0.29) is 11.3 Å². The van der Waals surface area contributed by atoms with Gasteiger partial charge in [-0.2, -0.15) is 0 Å². The molecule has 0 saturated heterocycles. The highest BCUT2D eigenvalue weighted by Crippen LogP contribution is 2.27. The lowest BCUT2D eigenvalue weighted by atomic mass is 10.1. The fourth-order valence-corrected chi connectivity index (χ4v) is 2.62. The molecule has 0 spiro atoms. The number of hydrazine groups is 1. The van der Waals surface area contributed by atoms with Crippen molar-refractivity contribution in [2.75, 3.05) is 6.61 Å². The van der Waals surface area contributed by atoms with E-state index < -0.39 is 29.3 Å². The largest absolute Gasteiger partial charge is 0.455 e. The van der Waals surface area contributed by atoms with Gasteiger partial charge in [-0.25, -0.2) is 0 Å². The number of rotatable bonds is 6. The Morgan fingerprint density at radius 2 is 1.76 bits per heavy atom. The van der Waals surface area contributed by atoms with E-state index in [9.17, 15) is 24.5 Å². The average Bonchev–Trinajstić information content (AvgIpc) is 3.10. The first-order chi connectivity index (χ1) is 12.0. The van der Waals surface area contributed by atoms with Crippen LogP contribution in [-0.4, -0.2) is 29.3 Å². The number of nitrogens with zero attached hydrogens (tertiary/aromatic N) is 1. The second-order valence-electron chi connectivity index (χ2n) is 5.82. The van der Waals surface area contributed by atoms with Gasteiger partial charge in [0.2, 0.25) is 0 Å². The Hall–Kier alpha value is -2.97. The Kier molecular flexibility index (Phi) is 6.44. The highest BCUT2D eigenvalue weighted by molar-refractivity contribution is 5.95. The molecule has 1 aromatic carbocycles. The fourth-order valence-electron chi connectivity index (χ4n) is 2.62. The van der Waals surface area contributed by atoms with Crippen molar-refractivity contribution in [3.63, 3.8) is 0 Å². The molecular formula is C16H19N3O6. The SMILES string of the molecule is O=C(COC(=O)CC1CCCC1)NNC(=O)c1ccc([N+](=O)[O-])cc1. The van der Waals surface area contributed by atoms with Gasteiger partial charge < -0.3 is 4.74 Å². The van der Waals surface area contributed by atoms with Crippen LogP contribution in [-0.2, 0) is 14.3 Å². The molecule has 9 heteroatoms. The number of carbonyl (C=O) groups is 3. The van der Waals surface area contributed by atoms with E-state index in [1.54, 1.807) is 0 Å². The van der Waals surface area contributed by atoms with E-state index in [4.69, 9.17) is 4.74 Å². The van der Waals surface area contributed by atoms with E-state index in [1.807, 2.05) is 0 Å². The molecule has 0 atom stereocenters. The van der Waals surface area contributed by atoms with E-state index in [2.05, 4.69) is 10.9 Å². The number of hydrogen-bond donors (Lipinski definition) is 2. The Bertz CT molecular complexity index is 652. The molecule has 1 aliphatic carbocycles. The molecule has 0 aliphatic heterocycles. The van der Waals surface area contributed by atoms with Gasteiger partial charge in [0.25, 0.3) is 17.5 Å². The summed E-state index contributed by atoms with van der Waals surface area (Å²) in [4.78, 5) is 44.9. The molecule has 2 amide bonds. The third-order valence-electron chi connectivity index (χ3n) is 3.95. The van der Waals surface area contributed by atoms with Gasteiger partial charge >= 0.3 is 5.97 Å². The maximum atomic E-state index is 11.8. The lowest BCUT2D eigenvalue weighted by Gasteiger charge is -2.10. The van der Waals surface area contributed by atoms with Crippen LogP contribution in [0.3, 0.4) is 0 Å². The normalized spacial score (nSPS) is 13.9. The maximum Gasteiger partial charge on any atom is 0.306 e. The summed E-state index contributed by atoms with van der Waals surface area (Å²) in [5.74, 6) is -1.41. The van der Waals surface area contributed by atoms with Crippen molar-refractivity contribution in [1.29, 1.82) is 0 Å². The first kappa shape index (κ1) is 18.4. The van der Waals surface area contributed by atoms with Crippen LogP contribution >= 0.6 is 0 Å². The van der Waals surface area contributed by atoms with Gasteiger partial charge in [-0.05, 0) is 30.9 Å². The quantitative estimate of drug-likeness (QED) is 0.455. The number of amides is 2. The summed E-state index contributed by atoms with van der Waals surface area (Å²) < 4.78 is 4.87. The van der Waals surface area contributed by atoms with Crippen molar-refractivity contribution in [2.24, 2.45) is 5.92 Å². The van der Waals surface area contributed by atoms with Crippen LogP contribution in [0.25, 0.3) is 0 Å². The van der Waals surface area contributed by atoms with Gasteiger partial charge in [0.05, 0.1) is 4.92 Å². The smallest absolute Gasteiger partial charge is 0.306 e. The first-order valence-corrected chi connectivity index (χ1v) is 7.95. The molecule has 25 heavy (non-hydrogen) atoms. The number of carbonyl (C=O) groups excluding carboxylic acids is 3. The van der Waals surface area contributed by atoms with E-state index in [0.717, 1.165) is 25.7 Å². The summed E-state index contributed by atoms with van der Waals surface area (Å²) in [5.41, 5.74) is 4.26. The van der Waals surface area contributed by atoms with Crippen LogP contribution in [0.4, 0.5) is 5.69 Å². The zero-order valence-corrected chi connectivity index (χ0v) is 13.5. The molecule has 2 rings (SSSR count). The molecule has 1 fully saturated rings. The topological polar surface area (TPSA) is 128 Å². The molecule has 0 unspecified atom stereocenters. The molecule has 0 bridgehead atoms. The first-order valence-electron chi connectivity index (χ1n) is 7.95. The highest BCUT2D eigenvalue weighted by atomic mass is 16.6. The Balaban J connectivity index is 1.69. The van der Waals surface area contributed by atoms with Crippen LogP contribution < -0.4 is 10.9 Å². The molecule has 1 aromatic rings. The van der Waals surface area contributed by atoms with Gasteiger partial charge in [0.1, 0.15) is 0 Å². The minimum atomic E-state index is -0.671. The summed E-state index contributed by atoms with van der Waals surface area (Å²) in [6.45, 7) is -0.480. The number of nitrogens with one attached hydrogen (secondary N) is 2. The molecule has 134 valence electrons. The van der Waals surface area contributed by atoms with Crippen molar-refractivity contribution in [3.05, 3.63) is 39.9 Å². The van der Waals surface area contributed by atoms with Crippen molar-refractivity contribution >= 4 is 23.5 Å². The summed E-state index contributed by atoms with van der Waals surface area (Å²) in [7, 11) is 0. The molecular weight excluding hydrogens is 330 g/mol. The average molecular weight is 349 g/mol. The predicted octanol–water partition coefficient (Wildman–Crippen LogP) is 1.48. The number of non-ortho nitro benzene ring substituents is 1. The Labute approximate surface area is 143 Å². The van der Waals surface area contributed by atoms with Crippen LogP contribution in [0.5, 0.6) is 0 Å².